The zero-order chi connectivity index (χ0) is 9.30. The Morgan fingerprint density at radius 1 is 1.58 bits per heavy atom. The SMILES string of the molecule is C[C@H](N)c1c(Br)ccc(Cl)c1O. The third-order valence-electron chi connectivity index (χ3n) is 1.57. The van der Waals surface area contributed by atoms with Crippen molar-refractivity contribution in [1.29, 1.82) is 0 Å². The maximum atomic E-state index is 9.51. The maximum absolute atomic E-state index is 9.51. The van der Waals surface area contributed by atoms with E-state index in [0.29, 0.717) is 10.6 Å². The van der Waals surface area contributed by atoms with Crippen LogP contribution < -0.4 is 5.73 Å². The lowest BCUT2D eigenvalue weighted by atomic mass is 10.1. The monoisotopic (exact) mass is 249 g/mol. The van der Waals surface area contributed by atoms with Crippen molar-refractivity contribution in [2.75, 3.05) is 0 Å². The molecule has 0 amide bonds. The number of hydrogen-bond acceptors (Lipinski definition) is 2. The van der Waals surface area contributed by atoms with Gasteiger partial charge in [0.2, 0.25) is 0 Å². The number of halogens is 2. The van der Waals surface area contributed by atoms with Gasteiger partial charge in [-0.15, -0.1) is 0 Å². The van der Waals surface area contributed by atoms with E-state index in [4.69, 9.17) is 17.3 Å². The zero-order valence-electron chi connectivity index (χ0n) is 6.51. The number of benzene rings is 1. The summed E-state index contributed by atoms with van der Waals surface area (Å²) in [6.45, 7) is 1.79. The molecule has 0 bridgehead atoms. The molecule has 1 aromatic carbocycles. The third kappa shape index (κ3) is 1.73. The Morgan fingerprint density at radius 2 is 2.17 bits per heavy atom. The molecule has 0 spiro atoms. The van der Waals surface area contributed by atoms with Crippen LogP contribution in [0.1, 0.15) is 18.5 Å². The van der Waals surface area contributed by atoms with Crippen molar-refractivity contribution in [2.45, 2.75) is 13.0 Å². The van der Waals surface area contributed by atoms with Crippen LogP contribution in [0, 0.1) is 0 Å². The van der Waals surface area contributed by atoms with E-state index in [-0.39, 0.29) is 11.8 Å². The molecule has 0 aliphatic carbocycles. The minimum absolute atomic E-state index is 0.0565. The average Bonchev–Trinajstić information content (AvgIpc) is 1.97. The quantitative estimate of drug-likeness (QED) is 0.805. The summed E-state index contributed by atoms with van der Waals surface area (Å²) in [5.41, 5.74) is 6.28. The third-order valence-corrected chi connectivity index (χ3v) is 2.57. The number of phenols is 1. The molecule has 0 radical (unpaired) electrons. The van der Waals surface area contributed by atoms with Crippen LogP contribution in [0.4, 0.5) is 0 Å². The van der Waals surface area contributed by atoms with Gasteiger partial charge in [0.25, 0.3) is 0 Å². The number of phenolic OH excluding ortho intramolecular Hbond substituents is 1. The van der Waals surface area contributed by atoms with Gasteiger partial charge >= 0.3 is 0 Å². The first-order chi connectivity index (χ1) is 5.54. The number of hydrogen-bond donors (Lipinski definition) is 2. The van der Waals surface area contributed by atoms with Crippen LogP contribution in [0.25, 0.3) is 0 Å². The number of nitrogens with two attached hydrogens (primary N) is 1. The standard InChI is InChI=1S/C8H9BrClNO/c1-4(11)7-5(9)2-3-6(10)8(7)12/h2-4,12H,11H2,1H3/t4-/m0/s1. The van der Waals surface area contributed by atoms with Crippen molar-refractivity contribution in [3.05, 3.63) is 27.2 Å². The Morgan fingerprint density at radius 3 is 2.58 bits per heavy atom. The van der Waals surface area contributed by atoms with Crippen molar-refractivity contribution >= 4 is 27.5 Å². The summed E-state index contributed by atoms with van der Waals surface area (Å²) >= 11 is 8.99. The topological polar surface area (TPSA) is 46.2 Å². The molecule has 4 heteroatoms. The highest BCUT2D eigenvalue weighted by Gasteiger charge is 2.12. The van der Waals surface area contributed by atoms with Gasteiger partial charge < -0.3 is 10.8 Å². The molecule has 2 nitrogen and oxygen atoms in total. The lowest BCUT2D eigenvalue weighted by molar-refractivity contribution is 0.463. The second-order valence-corrected chi connectivity index (χ2v) is 3.84. The van der Waals surface area contributed by atoms with Crippen LogP contribution in [-0.2, 0) is 0 Å². The lowest BCUT2D eigenvalue weighted by Gasteiger charge is -2.11. The molecular weight excluding hydrogens is 241 g/mol. The molecular formula is C8H9BrClNO. The van der Waals surface area contributed by atoms with Crippen LogP contribution in [0.15, 0.2) is 16.6 Å². The van der Waals surface area contributed by atoms with Crippen molar-refractivity contribution < 1.29 is 5.11 Å². The molecule has 12 heavy (non-hydrogen) atoms. The van der Waals surface area contributed by atoms with E-state index in [1.54, 1.807) is 19.1 Å². The summed E-state index contributed by atoms with van der Waals surface area (Å²) < 4.78 is 0.777. The van der Waals surface area contributed by atoms with Gasteiger partial charge in [0.1, 0.15) is 5.75 Å². The molecule has 0 heterocycles. The van der Waals surface area contributed by atoms with Crippen LogP contribution in [0.2, 0.25) is 5.02 Å². The summed E-state index contributed by atoms with van der Waals surface area (Å²) in [7, 11) is 0. The molecule has 1 atom stereocenters. The summed E-state index contributed by atoms with van der Waals surface area (Å²) in [5.74, 6) is 0.0565. The minimum Gasteiger partial charge on any atom is -0.506 e. The van der Waals surface area contributed by atoms with Gasteiger partial charge in [-0.1, -0.05) is 27.5 Å². The largest absolute Gasteiger partial charge is 0.506 e. The summed E-state index contributed by atoms with van der Waals surface area (Å²) in [4.78, 5) is 0. The highest BCUT2D eigenvalue weighted by atomic mass is 79.9. The maximum Gasteiger partial charge on any atom is 0.140 e. The molecule has 0 fully saturated rings. The predicted molar refractivity (Wildman–Crippen MR) is 53.4 cm³/mol. The molecule has 1 rings (SSSR count). The van der Waals surface area contributed by atoms with Crippen molar-refractivity contribution in [3.8, 4) is 5.75 Å². The first-order valence-electron chi connectivity index (χ1n) is 3.46. The fraction of sp³-hybridized carbons (Fsp3) is 0.250. The van der Waals surface area contributed by atoms with Gasteiger partial charge in [0, 0.05) is 16.1 Å². The fourth-order valence-electron chi connectivity index (χ4n) is 0.990. The van der Waals surface area contributed by atoms with Crippen molar-refractivity contribution in [3.63, 3.8) is 0 Å². The van der Waals surface area contributed by atoms with Gasteiger partial charge in [-0.25, -0.2) is 0 Å². The predicted octanol–water partition coefficient (Wildman–Crippen LogP) is 2.83. The lowest BCUT2D eigenvalue weighted by Crippen LogP contribution is -2.06. The highest BCUT2D eigenvalue weighted by molar-refractivity contribution is 9.10. The van der Waals surface area contributed by atoms with E-state index < -0.39 is 0 Å². The summed E-state index contributed by atoms with van der Waals surface area (Å²) in [6.07, 6.45) is 0. The number of rotatable bonds is 1. The highest BCUT2D eigenvalue weighted by Crippen LogP contribution is 2.35. The molecule has 3 N–H and O–H groups in total. The van der Waals surface area contributed by atoms with E-state index in [0.717, 1.165) is 4.47 Å². The van der Waals surface area contributed by atoms with Gasteiger partial charge in [-0.05, 0) is 19.1 Å². The van der Waals surface area contributed by atoms with Gasteiger partial charge in [-0.2, -0.15) is 0 Å². The summed E-state index contributed by atoms with van der Waals surface area (Å²) in [6, 6.07) is 3.14. The molecule has 0 aliphatic rings. The Kier molecular flexibility index (Phi) is 2.99. The van der Waals surface area contributed by atoms with E-state index in [2.05, 4.69) is 15.9 Å². The minimum atomic E-state index is -0.238. The van der Waals surface area contributed by atoms with E-state index in [1.807, 2.05) is 0 Å². The average molecular weight is 251 g/mol. The van der Waals surface area contributed by atoms with Crippen LogP contribution in [-0.4, -0.2) is 5.11 Å². The second-order valence-electron chi connectivity index (χ2n) is 2.58. The smallest absolute Gasteiger partial charge is 0.140 e. The Bertz CT molecular complexity index is 301. The zero-order valence-corrected chi connectivity index (χ0v) is 8.85. The molecule has 1 aromatic rings. The first-order valence-corrected chi connectivity index (χ1v) is 4.63. The van der Waals surface area contributed by atoms with Crippen molar-refractivity contribution in [2.24, 2.45) is 5.73 Å². The van der Waals surface area contributed by atoms with Crippen molar-refractivity contribution in [1.82, 2.24) is 0 Å². The Labute approximate surface area is 84.5 Å². The second kappa shape index (κ2) is 3.64. The van der Waals surface area contributed by atoms with Gasteiger partial charge in [0.05, 0.1) is 5.02 Å². The van der Waals surface area contributed by atoms with Crippen LogP contribution >= 0.6 is 27.5 Å². The van der Waals surface area contributed by atoms with Gasteiger partial charge in [0.15, 0.2) is 0 Å². The molecule has 0 unspecified atom stereocenters. The first kappa shape index (κ1) is 9.84. The molecule has 0 aromatic heterocycles. The van der Waals surface area contributed by atoms with Crippen LogP contribution in [0.3, 0.4) is 0 Å². The van der Waals surface area contributed by atoms with E-state index >= 15 is 0 Å². The van der Waals surface area contributed by atoms with E-state index in [9.17, 15) is 5.11 Å². The normalized spacial score (nSPS) is 13.0. The molecule has 0 saturated heterocycles. The van der Waals surface area contributed by atoms with E-state index in [1.165, 1.54) is 0 Å². The summed E-state index contributed by atoms with van der Waals surface area (Å²) in [5, 5.41) is 9.83. The fourth-order valence-corrected chi connectivity index (χ4v) is 1.84. The Hall–Kier alpha value is -0.250. The Balaban J connectivity index is 3.33. The number of aromatic hydroxyl groups is 1. The van der Waals surface area contributed by atoms with Crippen LogP contribution in [0.5, 0.6) is 5.75 Å². The van der Waals surface area contributed by atoms with Gasteiger partial charge in [-0.3, -0.25) is 0 Å². The molecule has 0 aliphatic heterocycles. The molecule has 0 saturated carbocycles. The molecule has 66 valence electrons.